The number of nitrogens with one attached hydrogen (secondary N) is 1. The van der Waals surface area contributed by atoms with Crippen molar-refractivity contribution in [3.05, 3.63) is 29.0 Å². The lowest BCUT2D eigenvalue weighted by molar-refractivity contribution is 0.0579. The largest absolute Gasteiger partial charge is 0.322 e. The number of anilines is 1. The molecule has 0 bridgehead atoms. The van der Waals surface area contributed by atoms with E-state index in [-0.39, 0.29) is 11.1 Å². The van der Waals surface area contributed by atoms with Crippen LogP contribution in [0.5, 0.6) is 0 Å². The van der Waals surface area contributed by atoms with Crippen LogP contribution in [-0.4, -0.2) is 48.6 Å². The molecule has 1 aromatic rings. The van der Waals surface area contributed by atoms with Crippen LogP contribution in [0.3, 0.4) is 0 Å². The van der Waals surface area contributed by atoms with Gasteiger partial charge in [0.25, 0.3) is 0 Å². The fourth-order valence-electron chi connectivity index (χ4n) is 3.61. The number of benzene rings is 1. The molecule has 2 amide bonds. The first-order chi connectivity index (χ1) is 10.5. The predicted molar refractivity (Wildman–Crippen MR) is 85.8 cm³/mol. The van der Waals surface area contributed by atoms with Crippen molar-refractivity contribution in [2.45, 2.75) is 25.3 Å². The van der Waals surface area contributed by atoms with Gasteiger partial charge in [-0.2, -0.15) is 0 Å². The molecule has 4 nitrogen and oxygen atoms in total. The molecule has 22 heavy (non-hydrogen) atoms. The Labute approximate surface area is 135 Å². The second-order valence-corrected chi connectivity index (χ2v) is 6.68. The molecule has 0 aliphatic carbocycles. The van der Waals surface area contributed by atoms with Gasteiger partial charge in [0.15, 0.2) is 0 Å². The number of urea groups is 1. The Balaban J connectivity index is 1.69. The van der Waals surface area contributed by atoms with Gasteiger partial charge in [-0.3, -0.25) is 0 Å². The molecule has 2 aliphatic heterocycles. The standard InChI is InChI=1S/C16H21ClFN3O/c1-20-8-6-15-11(10-20)3-2-7-21(15)16(22)19-12-4-5-13(17)14(18)9-12/h4-5,9,11,15H,2-3,6-8,10H2,1H3,(H,19,22)/t11-,15+/m1/s1. The Morgan fingerprint density at radius 2 is 2.18 bits per heavy atom. The molecule has 3 rings (SSSR count). The maximum absolute atomic E-state index is 13.5. The van der Waals surface area contributed by atoms with Crippen molar-refractivity contribution in [3.8, 4) is 0 Å². The number of carbonyl (C=O) groups is 1. The zero-order valence-electron chi connectivity index (χ0n) is 12.7. The number of rotatable bonds is 1. The molecule has 0 aromatic heterocycles. The van der Waals surface area contributed by atoms with Crippen LogP contribution in [-0.2, 0) is 0 Å². The number of carbonyl (C=O) groups excluding carboxylic acids is 1. The zero-order valence-corrected chi connectivity index (χ0v) is 13.4. The normalized spacial score (nSPS) is 25.7. The van der Waals surface area contributed by atoms with Crippen molar-refractivity contribution in [2.75, 3.05) is 32.0 Å². The van der Waals surface area contributed by atoms with Gasteiger partial charge in [-0.25, -0.2) is 9.18 Å². The van der Waals surface area contributed by atoms with E-state index in [1.54, 1.807) is 6.07 Å². The molecule has 2 atom stereocenters. The monoisotopic (exact) mass is 325 g/mol. The van der Waals surface area contributed by atoms with E-state index >= 15 is 0 Å². The van der Waals surface area contributed by atoms with Gasteiger partial charge in [0, 0.05) is 24.8 Å². The molecule has 2 saturated heterocycles. The van der Waals surface area contributed by atoms with Crippen molar-refractivity contribution in [3.63, 3.8) is 0 Å². The van der Waals surface area contributed by atoms with E-state index in [9.17, 15) is 9.18 Å². The lowest BCUT2D eigenvalue weighted by atomic mass is 9.84. The molecular weight excluding hydrogens is 305 g/mol. The first-order valence-electron chi connectivity index (χ1n) is 7.76. The average molecular weight is 326 g/mol. The molecule has 1 N–H and O–H groups in total. The van der Waals surface area contributed by atoms with Crippen LogP contribution in [0, 0.1) is 11.7 Å². The smallest absolute Gasteiger partial charge is 0.321 e. The maximum Gasteiger partial charge on any atom is 0.322 e. The van der Waals surface area contributed by atoms with Crippen LogP contribution in [0.2, 0.25) is 5.02 Å². The summed E-state index contributed by atoms with van der Waals surface area (Å²) in [6.45, 7) is 2.83. The fraction of sp³-hybridized carbons (Fsp3) is 0.562. The molecule has 120 valence electrons. The highest BCUT2D eigenvalue weighted by molar-refractivity contribution is 6.30. The highest BCUT2D eigenvalue weighted by atomic mass is 35.5. The summed E-state index contributed by atoms with van der Waals surface area (Å²) < 4.78 is 13.5. The molecule has 6 heteroatoms. The Bertz CT molecular complexity index is 568. The summed E-state index contributed by atoms with van der Waals surface area (Å²) in [5, 5.41) is 2.86. The lowest BCUT2D eigenvalue weighted by Crippen LogP contribution is -2.56. The van der Waals surface area contributed by atoms with Crippen LogP contribution >= 0.6 is 11.6 Å². The number of likely N-dealkylation sites (tertiary alicyclic amines) is 2. The van der Waals surface area contributed by atoms with E-state index in [0.717, 1.165) is 32.5 Å². The van der Waals surface area contributed by atoms with E-state index < -0.39 is 5.82 Å². The number of hydrogen-bond acceptors (Lipinski definition) is 2. The molecule has 1 aromatic carbocycles. The SMILES string of the molecule is CN1CC[C@H]2[C@H](CCCN2C(=O)Nc2ccc(Cl)c(F)c2)C1. The Hall–Kier alpha value is -1.33. The average Bonchev–Trinajstić information content (AvgIpc) is 2.50. The quantitative estimate of drug-likeness (QED) is 0.858. The minimum atomic E-state index is -0.518. The lowest BCUT2D eigenvalue weighted by Gasteiger charge is -2.46. The van der Waals surface area contributed by atoms with Gasteiger partial charge in [-0.15, -0.1) is 0 Å². The van der Waals surface area contributed by atoms with Crippen LogP contribution < -0.4 is 5.32 Å². The number of halogens is 2. The molecular formula is C16H21ClFN3O. The first-order valence-corrected chi connectivity index (χ1v) is 8.13. The molecule has 0 unspecified atom stereocenters. The predicted octanol–water partition coefficient (Wildman–Crippen LogP) is 3.43. The van der Waals surface area contributed by atoms with E-state index in [1.807, 2.05) is 4.90 Å². The van der Waals surface area contributed by atoms with E-state index in [1.165, 1.54) is 18.6 Å². The zero-order chi connectivity index (χ0) is 15.7. The Kier molecular flexibility index (Phi) is 4.54. The number of amides is 2. The summed E-state index contributed by atoms with van der Waals surface area (Å²) in [5.74, 6) is 0.0236. The molecule has 0 radical (unpaired) electrons. The van der Waals surface area contributed by atoms with Crippen molar-refractivity contribution >= 4 is 23.3 Å². The van der Waals surface area contributed by atoms with Gasteiger partial charge in [-0.05, 0) is 57.0 Å². The molecule has 2 heterocycles. The maximum atomic E-state index is 13.5. The summed E-state index contributed by atoms with van der Waals surface area (Å²) >= 11 is 5.67. The number of fused-ring (bicyclic) bond motifs is 1. The Morgan fingerprint density at radius 3 is 2.95 bits per heavy atom. The van der Waals surface area contributed by atoms with Crippen LogP contribution in [0.1, 0.15) is 19.3 Å². The molecule has 0 saturated carbocycles. The summed E-state index contributed by atoms with van der Waals surface area (Å²) in [4.78, 5) is 16.8. The van der Waals surface area contributed by atoms with Crippen molar-refractivity contribution in [2.24, 2.45) is 5.92 Å². The van der Waals surface area contributed by atoms with Gasteiger partial charge in [0.2, 0.25) is 0 Å². The van der Waals surface area contributed by atoms with Gasteiger partial charge in [0.05, 0.1) is 5.02 Å². The second-order valence-electron chi connectivity index (χ2n) is 6.27. The summed E-state index contributed by atoms with van der Waals surface area (Å²) in [7, 11) is 2.13. The van der Waals surface area contributed by atoms with E-state index in [2.05, 4.69) is 17.3 Å². The van der Waals surface area contributed by atoms with Crippen molar-refractivity contribution in [1.82, 2.24) is 9.80 Å². The van der Waals surface area contributed by atoms with Crippen molar-refractivity contribution < 1.29 is 9.18 Å². The van der Waals surface area contributed by atoms with Gasteiger partial charge in [-0.1, -0.05) is 11.6 Å². The third kappa shape index (κ3) is 3.20. The second kappa shape index (κ2) is 6.42. The molecule has 2 aliphatic rings. The fourth-order valence-corrected chi connectivity index (χ4v) is 3.72. The summed E-state index contributed by atoms with van der Waals surface area (Å²) in [6.07, 6.45) is 3.20. The van der Waals surface area contributed by atoms with Crippen molar-refractivity contribution in [1.29, 1.82) is 0 Å². The highest BCUT2D eigenvalue weighted by Gasteiger charge is 2.37. The third-order valence-electron chi connectivity index (χ3n) is 4.70. The molecule has 0 spiro atoms. The number of nitrogens with zero attached hydrogens (tertiary/aromatic N) is 2. The number of piperidine rings is 2. The third-order valence-corrected chi connectivity index (χ3v) is 5.01. The Morgan fingerprint density at radius 1 is 1.36 bits per heavy atom. The van der Waals surface area contributed by atoms with E-state index in [4.69, 9.17) is 11.6 Å². The molecule has 2 fully saturated rings. The minimum Gasteiger partial charge on any atom is -0.321 e. The first kappa shape index (κ1) is 15.6. The topological polar surface area (TPSA) is 35.6 Å². The van der Waals surface area contributed by atoms with Crippen LogP contribution in [0.4, 0.5) is 14.9 Å². The highest BCUT2D eigenvalue weighted by Crippen LogP contribution is 2.30. The number of hydrogen-bond donors (Lipinski definition) is 1. The van der Waals surface area contributed by atoms with Gasteiger partial charge < -0.3 is 15.1 Å². The van der Waals surface area contributed by atoms with E-state index in [0.29, 0.717) is 17.6 Å². The summed E-state index contributed by atoms with van der Waals surface area (Å²) in [6, 6.07) is 4.50. The summed E-state index contributed by atoms with van der Waals surface area (Å²) in [5.41, 5.74) is 0.446. The van der Waals surface area contributed by atoms with Crippen LogP contribution in [0.25, 0.3) is 0 Å². The van der Waals surface area contributed by atoms with Gasteiger partial charge >= 0.3 is 6.03 Å². The van der Waals surface area contributed by atoms with Crippen LogP contribution in [0.15, 0.2) is 18.2 Å². The van der Waals surface area contributed by atoms with Gasteiger partial charge in [0.1, 0.15) is 5.82 Å². The minimum absolute atomic E-state index is 0.0614.